The van der Waals surface area contributed by atoms with Crippen molar-refractivity contribution in [3.8, 4) is 0 Å². The quantitative estimate of drug-likeness (QED) is 0.792. The number of carbonyl (C=O) groups is 1. The number of ether oxygens (including phenoxy) is 1. The fraction of sp³-hybridized carbons (Fsp3) is 0.533. The van der Waals surface area contributed by atoms with E-state index in [2.05, 4.69) is 4.90 Å². The zero-order valence-corrected chi connectivity index (χ0v) is 11.9. The minimum Gasteiger partial charge on any atom is -0.393 e. The van der Waals surface area contributed by atoms with Crippen LogP contribution in [-0.4, -0.2) is 54.4 Å². The Bertz CT molecular complexity index is 480. The number of hydrogen-bond acceptors (Lipinski definition) is 4. The number of rotatable bonds is 6. The van der Waals surface area contributed by atoms with Gasteiger partial charge in [-0.05, 0) is 17.7 Å². The lowest BCUT2D eigenvalue weighted by molar-refractivity contribution is -0.134. The van der Waals surface area contributed by atoms with Crippen molar-refractivity contribution in [1.82, 2.24) is 4.90 Å². The maximum Gasteiger partial charge on any atom is 0.218 e. The highest BCUT2D eigenvalue weighted by atomic mass is 19.1. The van der Waals surface area contributed by atoms with Gasteiger partial charge in [0.15, 0.2) is 0 Å². The van der Waals surface area contributed by atoms with Crippen molar-refractivity contribution in [1.29, 1.82) is 0 Å². The largest absolute Gasteiger partial charge is 0.393 e. The number of halogens is 1. The highest BCUT2D eigenvalue weighted by molar-refractivity contribution is 5.73. The second-order valence-electron chi connectivity index (χ2n) is 5.49. The second kappa shape index (κ2) is 6.98. The van der Waals surface area contributed by atoms with Crippen LogP contribution in [-0.2, 0) is 16.0 Å². The summed E-state index contributed by atoms with van der Waals surface area (Å²) in [5.41, 5.74) is 5.36. The average Bonchev–Trinajstić information content (AvgIpc) is 2.48. The van der Waals surface area contributed by atoms with Gasteiger partial charge in [-0.3, -0.25) is 9.69 Å². The van der Waals surface area contributed by atoms with Gasteiger partial charge in [-0.2, -0.15) is 0 Å². The van der Waals surface area contributed by atoms with Crippen LogP contribution >= 0.6 is 0 Å². The Morgan fingerprint density at radius 1 is 1.43 bits per heavy atom. The Labute approximate surface area is 123 Å². The highest BCUT2D eigenvalue weighted by Gasteiger charge is 2.36. The van der Waals surface area contributed by atoms with Crippen LogP contribution in [0, 0.1) is 5.82 Å². The van der Waals surface area contributed by atoms with Gasteiger partial charge in [0.25, 0.3) is 0 Å². The van der Waals surface area contributed by atoms with Crippen LogP contribution in [0.2, 0.25) is 0 Å². The summed E-state index contributed by atoms with van der Waals surface area (Å²) in [7, 11) is 0. The van der Waals surface area contributed by atoms with Crippen LogP contribution in [0.3, 0.4) is 0 Å². The summed E-state index contributed by atoms with van der Waals surface area (Å²) in [6.07, 6.45) is 0.787. The third kappa shape index (κ3) is 4.49. The predicted octanol–water partition coefficient (Wildman–Crippen LogP) is 0.307. The van der Waals surface area contributed by atoms with E-state index in [0.29, 0.717) is 32.7 Å². The van der Waals surface area contributed by atoms with E-state index in [9.17, 15) is 14.3 Å². The van der Waals surface area contributed by atoms with Crippen molar-refractivity contribution in [2.45, 2.75) is 18.4 Å². The van der Waals surface area contributed by atoms with Crippen LogP contribution in [0.15, 0.2) is 24.3 Å². The number of nitrogens with two attached hydrogens (primary N) is 1. The van der Waals surface area contributed by atoms with Crippen molar-refractivity contribution in [2.75, 3.05) is 32.8 Å². The molecule has 1 atom stereocenters. The van der Waals surface area contributed by atoms with Gasteiger partial charge in [0.1, 0.15) is 11.4 Å². The average molecular weight is 296 g/mol. The van der Waals surface area contributed by atoms with Gasteiger partial charge in [-0.1, -0.05) is 12.1 Å². The lowest BCUT2D eigenvalue weighted by Gasteiger charge is -2.42. The summed E-state index contributed by atoms with van der Waals surface area (Å²) in [6.45, 7) is 2.15. The molecule has 0 bridgehead atoms. The monoisotopic (exact) mass is 296 g/mol. The molecule has 0 unspecified atom stereocenters. The van der Waals surface area contributed by atoms with Gasteiger partial charge < -0.3 is 15.6 Å². The van der Waals surface area contributed by atoms with Gasteiger partial charge in [-0.15, -0.1) is 0 Å². The molecule has 1 aliphatic heterocycles. The summed E-state index contributed by atoms with van der Waals surface area (Å²) in [4.78, 5) is 12.9. The zero-order chi connectivity index (χ0) is 15.3. The molecule has 1 aromatic carbocycles. The fourth-order valence-electron chi connectivity index (χ4n) is 2.62. The number of benzene rings is 1. The summed E-state index contributed by atoms with van der Waals surface area (Å²) >= 11 is 0. The summed E-state index contributed by atoms with van der Waals surface area (Å²) in [6, 6.07) is 6.18. The van der Waals surface area contributed by atoms with E-state index >= 15 is 0 Å². The number of hydrogen-bond donors (Lipinski definition) is 2. The molecule has 6 heteroatoms. The fourth-order valence-corrected chi connectivity index (χ4v) is 2.62. The van der Waals surface area contributed by atoms with Crippen LogP contribution < -0.4 is 5.73 Å². The predicted molar refractivity (Wildman–Crippen MR) is 76.1 cm³/mol. The van der Waals surface area contributed by atoms with Crippen LogP contribution in [0.25, 0.3) is 0 Å². The van der Waals surface area contributed by atoms with Crippen LogP contribution in [0.1, 0.15) is 12.0 Å². The number of primary amides is 1. The number of morpholine rings is 1. The van der Waals surface area contributed by atoms with E-state index in [4.69, 9.17) is 10.5 Å². The van der Waals surface area contributed by atoms with Crippen LogP contribution in [0.4, 0.5) is 4.39 Å². The van der Waals surface area contributed by atoms with Crippen molar-refractivity contribution < 1.29 is 19.0 Å². The first-order valence-electron chi connectivity index (χ1n) is 7.03. The molecule has 0 radical (unpaired) electrons. The SMILES string of the molecule is NC(=O)CCN1CCO[C@@](CO)(Cc2ccc(F)cc2)C1. The zero-order valence-electron chi connectivity index (χ0n) is 11.9. The molecule has 1 aliphatic rings. The second-order valence-corrected chi connectivity index (χ2v) is 5.49. The highest BCUT2D eigenvalue weighted by Crippen LogP contribution is 2.23. The van der Waals surface area contributed by atoms with E-state index in [1.807, 2.05) is 0 Å². The molecule has 0 aromatic heterocycles. The molecule has 116 valence electrons. The van der Waals surface area contributed by atoms with Gasteiger partial charge in [0.2, 0.25) is 5.91 Å². The van der Waals surface area contributed by atoms with Gasteiger partial charge >= 0.3 is 0 Å². The minimum absolute atomic E-state index is 0.128. The molecule has 1 aromatic rings. The summed E-state index contributed by atoms with van der Waals surface area (Å²) < 4.78 is 18.7. The van der Waals surface area contributed by atoms with Gasteiger partial charge in [0.05, 0.1) is 13.2 Å². The maximum absolute atomic E-state index is 12.9. The number of amides is 1. The molecule has 0 aliphatic carbocycles. The first kappa shape index (κ1) is 15.9. The number of carbonyl (C=O) groups excluding carboxylic acids is 1. The summed E-state index contributed by atoms with van der Waals surface area (Å²) in [5.74, 6) is -0.626. The van der Waals surface area contributed by atoms with E-state index in [-0.39, 0.29) is 24.8 Å². The molecular formula is C15H21FN2O3. The Morgan fingerprint density at radius 3 is 2.76 bits per heavy atom. The van der Waals surface area contributed by atoms with Crippen molar-refractivity contribution >= 4 is 5.91 Å². The van der Waals surface area contributed by atoms with E-state index < -0.39 is 5.60 Å². The lowest BCUT2D eigenvalue weighted by atomic mass is 9.93. The van der Waals surface area contributed by atoms with E-state index in [0.717, 1.165) is 5.56 Å². The molecule has 1 fully saturated rings. The molecule has 21 heavy (non-hydrogen) atoms. The lowest BCUT2D eigenvalue weighted by Crippen LogP contribution is -2.55. The molecular weight excluding hydrogens is 275 g/mol. The standard InChI is InChI=1S/C15H21FN2O3/c16-13-3-1-12(2-4-13)9-15(11-19)10-18(7-8-21-15)6-5-14(17)20/h1-4,19H,5-11H2,(H2,17,20)/t15-/m0/s1. The Balaban J connectivity index is 2.02. The normalized spacial score (nSPS) is 23.1. The Hall–Kier alpha value is -1.50. The van der Waals surface area contributed by atoms with Crippen molar-refractivity contribution in [2.24, 2.45) is 5.73 Å². The van der Waals surface area contributed by atoms with Crippen LogP contribution in [0.5, 0.6) is 0 Å². The molecule has 0 spiro atoms. The third-order valence-electron chi connectivity index (χ3n) is 3.73. The third-order valence-corrected chi connectivity index (χ3v) is 3.73. The van der Waals surface area contributed by atoms with Crippen molar-refractivity contribution in [3.05, 3.63) is 35.6 Å². The molecule has 1 heterocycles. The summed E-state index contributed by atoms with van der Waals surface area (Å²) in [5, 5.41) is 9.74. The number of aliphatic hydroxyl groups excluding tert-OH is 1. The minimum atomic E-state index is -0.715. The number of nitrogens with zero attached hydrogens (tertiary/aromatic N) is 1. The molecule has 5 nitrogen and oxygen atoms in total. The molecule has 2 rings (SSSR count). The first-order valence-corrected chi connectivity index (χ1v) is 7.03. The smallest absolute Gasteiger partial charge is 0.218 e. The molecule has 1 amide bonds. The topological polar surface area (TPSA) is 75.8 Å². The van der Waals surface area contributed by atoms with Crippen molar-refractivity contribution in [3.63, 3.8) is 0 Å². The van der Waals surface area contributed by atoms with Gasteiger partial charge in [-0.25, -0.2) is 4.39 Å². The molecule has 0 saturated carbocycles. The molecule has 3 N–H and O–H groups in total. The van der Waals surface area contributed by atoms with Gasteiger partial charge in [0, 0.05) is 32.5 Å². The first-order chi connectivity index (χ1) is 10.0. The maximum atomic E-state index is 12.9. The Kier molecular flexibility index (Phi) is 5.27. The Morgan fingerprint density at radius 2 is 2.14 bits per heavy atom. The number of aliphatic hydroxyl groups is 1. The van der Waals surface area contributed by atoms with E-state index in [1.54, 1.807) is 12.1 Å². The molecule has 1 saturated heterocycles. The van der Waals surface area contributed by atoms with E-state index in [1.165, 1.54) is 12.1 Å².